The Morgan fingerprint density at radius 2 is 1.50 bits per heavy atom. The zero-order chi connectivity index (χ0) is 16.4. The Morgan fingerprint density at radius 1 is 0.750 bits per heavy atom. The van der Waals surface area contributed by atoms with Crippen LogP contribution in [0.3, 0.4) is 0 Å². The quantitative estimate of drug-likeness (QED) is 0.649. The summed E-state index contributed by atoms with van der Waals surface area (Å²) in [6, 6.07) is 26.4. The van der Waals surface area contributed by atoms with Crippen molar-refractivity contribution in [3.05, 3.63) is 90.0 Å². The minimum absolute atomic E-state index is 0.00907. The summed E-state index contributed by atoms with van der Waals surface area (Å²) in [5.74, 6) is 0.850. The van der Waals surface area contributed by atoms with Crippen molar-refractivity contribution in [2.75, 3.05) is 5.73 Å². The zero-order valence-electron chi connectivity index (χ0n) is 13.1. The van der Waals surface area contributed by atoms with Gasteiger partial charge in [-0.25, -0.2) is 0 Å². The Hall–Kier alpha value is -3.27. The highest BCUT2D eigenvalue weighted by Gasteiger charge is 2.19. The van der Waals surface area contributed by atoms with E-state index in [0.29, 0.717) is 0 Å². The molecule has 24 heavy (non-hydrogen) atoms. The second kappa shape index (κ2) is 6.08. The van der Waals surface area contributed by atoms with Gasteiger partial charge in [-0.1, -0.05) is 66.7 Å². The highest BCUT2D eigenvalue weighted by atomic mass is 15.4. The van der Waals surface area contributed by atoms with Crippen LogP contribution < -0.4 is 16.5 Å². The van der Waals surface area contributed by atoms with Crippen LogP contribution >= 0.6 is 0 Å². The molecule has 0 bridgehead atoms. The molecule has 3 aromatic carbocycles. The van der Waals surface area contributed by atoms with E-state index in [1.165, 1.54) is 0 Å². The largest absolute Gasteiger partial charge is 0.399 e. The minimum atomic E-state index is 0.00907. The van der Waals surface area contributed by atoms with Crippen LogP contribution in [0.25, 0.3) is 11.1 Å². The van der Waals surface area contributed by atoms with Gasteiger partial charge in [0.25, 0.3) is 0 Å². The van der Waals surface area contributed by atoms with E-state index in [0.717, 1.165) is 33.8 Å². The fourth-order valence-electron chi connectivity index (χ4n) is 2.82. The van der Waals surface area contributed by atoms with Gasteiger partial charge >= 0.3 is 0 Å². The maximum atomic E-state index is 5.86. The van der Waals surface area contributed by atoms with Crippen LogP contribution in [0.1, 0.15) is 17.3 Å². The lowest BCUT2D eigenvalue weighted by atomic mass is 10.0. The van der Waals surface area contributed by atoms with Crippen molar-refractivity contribution in [3.8, 4) is 11.1 Å². The molecule has 0 aromatic heterocycles. The second-order valence-electron chi connectivity index (χ2n) is 5.78. The zero-order valence-corrected chi connectivity index (χ0v) is 13.1. The number of hydrazone groups is 1. The van der Waals surface area contributed by atoms with Crippen molar-refractivity contribution in [2.24, 2.45) is 5.10 Å². The topological polar surface area (TPSA) is 62.4 Å². The molecular weight excluding hydrogens is 296 g/mol. The predicted octanol–water partition coefficient (Wildman–Crippen LogP) is 3.49. The number of benzene rings is 3. The standard InChI is InChI=1S/C20H18N4/c21-18-8-4-7-17(13-18)14-9-11-16(12-10-14)20-22-19(23-24-20)15-5-2-1-3-6-15/h1-13,19,23H,21H2,(H,22,24). The van der Waals surface area contributed by atoms with Gasteiger partial charge < -0.3 is 11.1 Å². The fraction of sp³-hybridized carbons (Fsp3) is 0.0500. The molecule has 3 aromatic rings. The van der Waals surface area contributed by atoms with Gasteiger partial charge in [0.2, 0.25) is 0 Å². The molecule has 0 aliphatic carbocycles. The Bertz CT molecular complexity index is 870. The van der Waals surface area contributed by atoms with Crippen molar-refractivity contribution in [3.63, 3.8) is 0 Å². The van der Waals surface area contributed by atoms with Crippen LogP contribution in [0.4, 0.5) is 5.69 Å². The number of nitrogens with zero attached hydrogens (tertiary/aromatic N) is 1. The van der Waals surface area contributed by atoms with E-state index in [4.69, 9.17) is 5.73 Å². The summed E-state index contributed by atoms with van der Waals surface area (Å²) in [5.41, 5.74) is 14.2. The molecule has 0 amide bonds. The van der Waals surface area contributed by atoms with Crippen LogP contribution in [-0.4, -0.2) is 5.84 Å². The van der Waals surface area contributed by atoms with Gasteiger partial charge in [0, 0.05) is 11.3 Å². The number of nitrogens with one attached hydrogen (secondary N) is 2. The third-order valence-corrected chi connectivity index (χ3v) is 4.10. The Balaban J connectivity index is 1.52. The van der Waals surface area contributed by atoms with Crippen LogP contribution in [0, 0.1) is 0 Å². The smallest absolute Gasteiger partial charge is 0.155 e. The first kappa shape index (κ1) is 14.3. The highest BCUT2D eigenvalue weighted by molar-refractivity contribution is 6.00. The average molecular weight is 314 g/mol. The molecule has 4 N–H and O–H groups in total. The average Bonchev–Trinajstić information content (AvgIpc) is 3.13. The number of anilines is 1. The SMILES string of the molecule is Nc1cccc(-c2ccc(C3=NNC(c4ccccc4)N3)cc2)c1. The highest BCUT2D eigenvalue weighted by Crippen LogP contribution is 2.23. The first-order chi connectivity index (χ1) is 11.8. The molecular formula is C20H18N4. The molecule has 1 aliphatic heterocycles. The maximum absolute atomic E-state index is 5.86. The van der Waals surface area contributed by atoms with Crippen LogP contribution in [-0.2, 0) is 0 Å². The van der Waals surface area contributed by atoms with Gasteiger partial charge in [0.15, 0.2) is 5.84 Å². The van der Waals surface area contributed by atoms with Gasteiger partial charge in [0.05, 0.1) is 0 Å². The molecule has 0 saturated carbocycles. The van der Waals surface area contributed by atoms with Gasteiger partial charge in [-0.05, 0) is 28.8 Å². The summed E-state index contributed by atoms with van der Waals surface area (Å²) in [4.78, 5) is 0. The normalized spacial score (nSPS) is 16.2. The van der Waals surface area contributed by atoms with E-state index in [-0.39, 0.29) is 6.17 Å². The van der Waals surface area contributed by atoms with Gasteiger partial charge in [-0.2, -0.15) is 5.10 Å². The summed E-state index contributed by atoms with van der Waals surface area (Å²) < 4.78 is 0. The Labute approximate surface area is 141 Å². The first-order valence-corrected chi connectivity index (χ1v) is 7.91. The Morgan fingerprint density at radius 3 is 2.25 bits per heavy atom. The molecule has 4 nitrogen and oxygen atoms in total. The van der Waals surface area contributed by atoms with Crippen molar-refractivity contribution in [1.29, 1.82) is 0 Å². The summed E-state index contributed by atoms with van der Waals surface area (Å²) >= 11 is 0. The lowest BCUT2D eigenvalue weighted by Gasteiger charge is -2.12. The molecule has 0 radical (unpaired) electrons. The number of rotatable bonds is 3. The van der Waals surface area contributed by atoms with Crippen LogP contribution in [0.15, 0.2) is 84.0 Å². The number of hydrogen-bond acceptors (Lipinski definition) is 4. The first-order valence-electron chi connectivity index (χ1n) is 7.91. The molecule has 4 heteroatoms. The van der Waals surface area contributed by atoms with E-state index < -0.39 is 0 Å². The molecule has 4 rings (SSSR count). The Kier molecular flexibility index (Phi) is 3.63. The molecule has 1 aliphatic rings. The summed E-state index contributed by atoms with van der Waals surface area (Å²) in [5, 5.41) is 7.83. The van der Waals surface area contributed by atoms with Gasteiger partial charge in [0.1, 0.15) is 6.17 Å². The number of nitrogens with two attached hydrogens (primary N) is 1. The van der Waals surface area contributed by atoms with Gasteiger partial charge in [-0.15, -0.1) is 0 Å². The number of hydrogen-bond donors (Lipinski definition) is 3. The van der Waals surface area contributed by atoms with Crippen molar-refractivity contribution < 1.29 is 0 Å². The van der Waals surface area contributed by atoms with Gasteiger partial charge in [-0.3, -0.25) is 5.43 Å². The molecule has 0 saturated heterocycles. The molecule has 1 atom stereocenters. The second-order valence-corrected chi connectivity index (χ2v) is 5.78. The van der Waals surface area contributed by atoms with E-state index >= 15 is 0 Å². The third-order valence-electron chi connectivity index (χ3n) is 4.10. The number of amidine groups is 1. The monoisotopic (exact) mass is 314 g/mol. The summed E-state index contributed by atoms with van der Waals surface area (Å²) in [7, 11) is 0. The lowest BCUT2D eigenvalue weighted by Crippen LogP contribution is -2.27. The summed E-state index contributed by atoms with van der Waals surface area (Å²) in [6.07, 6.45) is 0.00907. The molecule has 0 fully saturated rings. The predicted molar refractivity (Wildman–Crippen MR) is 98.3 cm³/mol. The summed E-state index contributed by atoms with van der Waals surface area (Å²) in [6.45, 7) is 0. The maximum Gasteiger partial charge on any atom is 0.155 e. The van der Waals surface area contributed by atoms with Crippen molar-refractivity contribution >= 4 is 11.5 Å². The van der Waals surface area contributed by atoms with Crippen LogP contribution in [0.5, 0.6) is 0 Å². The van der Waals surface area contributed by atoms with Crippen LogP contribution in [0.2, 0.25) is 0 Å². The minimum Gasteiger partial charge on any atom is -0.399 e. The van der Waals surface area contributed by atoms with Crippen molar-refractivity contribution in [1.82, 2.24) is 10.7 Å². The molecule has 0 spiro atoms. The molecule has 1 heterocycles. The lowest BCUT2D eigenvalue weighted by molar-refractivity contribution is 0.574. The number of nitrogen functional groups attached to an aromatic ring is 1. The van der Waals surface area contributed by atoms with E-state index in [1.807, 2.05) is 36.4 Å². The molecule has 118 valence electrons. The third kappa shape index (κ3) is 2.82. The van der Waals surface area contributed by atoms with E-state index in [2.05, 4.69) is 58.3 Å². The molecule has 1 unspecified atom stereocenters. The van der Waals surface area contributed by atoms with E-state index in [9.17, 15) is 0 Å². The van der Waals surface area contributed by atoms with E-state index in [1.54, 1.807) is 0 Å². The fourth-order valence-corrected chi connectivity index (χ4v) is 2.82. The van der Waals surface area contributed by atoms with Crippen molar-refractivity contribution in [2.45, 2.75) is 6.17 Å².